The Morgan fingerprint density at radius 3 is 2.83 bits per heavy atom. The van der Waals surface area contributed by atoms with Gasteiger partial charge in [0.25, 0.3) is 0 Å². The molecule has 1 saturated heterocycles. The van der Waals surface area contributed by atoms with E-state index in [-0.39, 0.29) is 17.3 Å². The highest BCUT2D eigenvalue weighted by Crippen LogP contribution is 2.32. The molecule has 0 aromatic carbocycles. The number of hydrogen-bond donors (Lipinski definition) is 5. The van der Waals surface area contributed by atoms with Crippen LogP contribution in [0, 0.1) is 11.8 Å². The van der Waals surface area contributed by atoms with Crippen LogP contribution in [0.3, 0.4) is 0 Å². The third-order valence-electron chi connectivity index (χ3n) is 6.52. The summed E-state index contributed by atoms with van der Waals surface area (Å²) in [6.07, 6.45) is 7.41. The number of aliphatic hydroxyl groups excluding tert-OH is 2. The van der Waals surface area contributed by atoms with Crippen molar-refractivity contribution in [1.29, 1.82) is 0 Å². The summed E-state index contributed by atoms with van der Waals surface area (Å²) in [6, 6.07) is -2.38. The lowest BCUT2D eigenvalue weighted by atomic mass is 9.97. The Bertz CT molecular complexity index is 911. The van der Waals surface area contributed by atoms with Gasteiger partial charge in [0.15, 0.2) is 0 Å². The molecule has 2 heterocycles. The zero-order valence-electron chi connectivity index (χ0n) is 20.5. The van der Waals surface area contributed by atoms with Gasteiger partial charge in [0.05, 0.1) is 18.2 Å². The quantitative estimate of drug-likeness (QED) is 0.136. The Kier molecular flexibility index (Phi) is 10.3. The number of carbonyl (C=O) groups is 2. The van der Waals surface area contributed by atoms with Gasteiger partial charge in [0.1, 0.15) is 23.7 Å². The molecule has 0 bridgehead atoms. The largest absolute Gasteiger partial charge is 0.391 e. The minimum absolute atomic E-state index is 0.254. The smallest absolute Gasteiger partial charge is 0.248 e. The summed E-state index contributed by atoms with van der Waals surface area (Å²) in [5.41, 5.74) is 1.05. The number of allylic oxidation sites excluding steroid dienone is 3. The van der Waals surface area contributed by atoms with E-state index in [4.69, 9.17) is 0 Å². The molecule has 35 heavy (non-hydrogen) atoms. The molecule has 6 unspecified atom stereocenters. The van der Waals surface area contributed by atoms with E-state index in [1.165, 1.54) is 18.9 Å². The van der Waals surface area contributed by atoms with Crippen LogP contribution in [0.1, 0.15) is 46.0 Å². The second kappa shape index (κ2) is 13.2. The normalized spacial score (nSPS) is 29.9. The van der Waals surface area contributed by atoms with Crippen molar-refractivity contribution in [2.24, 2.45) is 9.63 Å². The van der Waals surface area contributed by atoms with E-state index in [1.54, 1.807) is 18.9 Å². The second-order valence-corrected chi connectivity index (χ2v) is 9.91. The molecule has 5 N–H and O–H groups in total. The molecule has 2 amide bonds. The summed E-state index contributed by atoms with van der Waals surface area (Å²) < 4.78 is 4.13. The lowest BCUT2D eigenvalue weighted by Gasteiger charge is -2.41. The van der Waals surface area contributed by atoms with Crippen LogP contribution in [0.15, 0.2) is 33.4 Å². The maximum absolute atomic E-state index is 13.4. The van der Waals surface area contributed by atoms with Crippen LogP contribution in [0.5, 0.6) is 0 Å². The highest BCUT2D eigenvalue weighted by molar-refractivity contribution is 7.98. The number of likely N-dealkylation sites (tertiary alicyclic amines) is 1. The first kappa shape index (κ1) is 27.4. The number of piperidine rings is 1. The summed E-state index contributed by atoms with van der Waals surface area (Å²) >= 11 is 1.26. The molecule has 1 fully saturated rings. The monoisotopic (exact) mass is 504 g/mol. The van der Waals surface area contributed by atoms with Crippen molar-refractivity contribution in [2.45, 2.75) is 87.8 Å². The van der Waals surface area contributed by atoms with Crippen LogP contribution in [0.2, 0.25) is 0 Å². The molecule has 3 aliphatic rings. The van der Waals surface area contributed by atoms with E-state index in [9.17, 15) is 19.8 Å². The molecule has 10 nitrogen and oxygen atoms in total. The van der Waals surface area contributed by atoms with Gasteiger partial charge in [-0.15, -0.1) is 4.52 Å². The molecule has 0 aromatic rings. The standard InChI is InChI=1S/C24H36N6O4S/c1-15(25-3)21(32)26-19(16(2)31)24(34)30-14-10-9-13-18(30)22(33)27-23-20(28-29-35-23)17-11-7-5-4-6-8-12-17/h4-5,11,15-16,18-20,22-23,25,27,31,33H,7,9-10,12-14H2,1-3H3,(H,26,32)/b5-4-,17-11+/t15-,16?,18?,19?,20?,22?,23?/m0/s1. The van der Waals surface area contributed by atoms with Crippen LogP contribution in [-0.4, -0.2) is 82.4 Å². The van der Waals surface area contributed by atoms with Gasteiger partial charge in [-0.05, 0) is 58.2 Å². The fraction of sp³-hybridized carbons (Fsp3) is 0.667. The number of nitrogens with zero attached hydrogens (tertiary/aromatic N) is 3. The Morgan fingerprint density at radius 2 is 2.09 bits per heavy atom. The van der Waals surface area contributed by atoms with Gasteiger partial charge in [0.2, 0.25) is 11.8 Å². The van der Waals surface area contributed by atoms with Gasteiger partial charge in [-0.2, -0.15) is 5.11 Å². The zero-order chi connectivity index (χ0) is 25.4. The van der Waals surface area contributed by atoms with E-state index in [2.05, 4.69) is 43.5 Å². The summed E-state index contributed by atoms with van der Waals surface area (Å²) in [4.78, 5) is 27.4. The summed E-state index contributed by atoms with van der Waals surface area (Å²) in [7, 11) is 1.65. The number of rotatable bonds is 9. The Hall–Kier alpha value is -2.23. The van der Waals surface area contributed by atoms with Crippen LogP contribution in [-0.2, 0) is 9.59 Å². The van der Waals surface area contributed by atoms with Gasteiger partial charge < -0.3 is 25.7 Å². The van der Waals surface area contributed by atoms with Crippen molar-refractivity contribution in [1.82, 2.24) is 20.9 Å². The van der Waals surface area contributed by atoms with Crippen LogP contribution >= 0.6 is 11.9 Å². The second-order valence-electron chi connectivity index (χ2n) is 9.03. The molecule has 3 rings (SSSR count). The van der Waals surface area contributed by atoms with Gasteiger partial charge in [-0.1, -0.05) is 24.0 Å². The Labute approximate surface area is 211 Å². The maximum atomic E-state index is 13.4. The van der Waals surface area contributed by atoms with E-state index in [0.29, 0.717) is 19.4 Å². The molecular weight excluding hydrogens is 468 g/mol. The van der Waals surface area contributed by atoms with E-state index in [1.807, 2.05) is 12.2 Å². The molecule has 0 spiro atoms. The minimum atomic E-state index is -1.10. The average Bonchev–Trinajstić information content (AvgIpc) is 3.28. The third kappa shape index (κ3) is 7.15. The van der Waals surface area contributed by atoms with Gasteiger partial charge in [-0.25, -0.2) is 0 Å². The van der Waals surface area contributed by atoms with Crippen LogP contribution < -0.4 is 16.0 Å². The number of hydrogen-bond acceptors (Lipinski definition) is 9. The molecule has 11 heteroatoms. The van der Waals surface area contributed by atoms with Crippen LogP contribution in [0.25, 0.3) is 0 Å². The van der Waals surface area contributed by atoms with Crippen LogP contribution in [0.4, 0.5) is 0 Å². The van der Waals surface area contributed by atoms with E-state index >= 15 is 0 Å². The maximum Gasteiger partial charge on any atom is 0.248 e. The predicted molar refractivity (Wildman–Crippen MR) is 135 cm³/mol. The highest BCUT2D eigenvalue weighted by Gasteiger charge is 2.40. The van der Waals surface area contributed by atoms with Crippen molar-refractivity contribution >= 4 is 23.8 Å². The predicted octanol–water partition coefficient (Wildman–Crippen LogP) is 0.838. The summed E-state index contributed by atoms with van der Waals surface area (Å²) in [5, 5.41) is 34.2. The number of nitrogens with one attached hydrogen (secondary N) is 3. The molecule has 0 saturated carbocycles. The molecule has 1 aliphatic carbocycles. The lowest BCUT2D eigenvalue weighted by Crippen LogP contribution is -2.62. The Balaban J connectivity index is 1.70. The molecule has 0 radical (unpaired) electrons. The van der Waals surface area contributed by atoms with Crippen molar-refractivity contribution in [3.63, 3.8) is 0 Å². The van der Waals surface area contributed by atoms with Crippen molar-refractivity contribution in [3.8, 4) is 11.8 Å². The first-order valence-corrected chi connectivity index (χ1v) is 13.0. The van der Waals surface area contributed by atoms with Crippen molar-refractivity contribution in [2.75, 3.05) is 13.6 Å². The molecule has 192 valence electrons. The number of likely N-dealkylation sites (N-methyl/N-ethyl adjacent to an activating group) is 1. The van der Waals surface area contributed by atoms with Gasteiger partial charge >= 0.3 is 0 Å². The lowest BCUT2D eigenvalue weighted by molar-refractivity contribution is -0.146. The van der Waals surface area contributed by atoms with Crippen molar-refractivity contribution < 1.29 is 19.8 Å². The third-order valence-corrected chi connectivity index (χ3v) is 7.32. The first-order chi connectivity index (χ1) is 16.8. The van der Waals surface area contributed by atoms with E-state index < -0.39 is 36.4 Å². The van der Waals surface area contributed by atoms with Crippen molar-refractivity contribution in [3.05, 3.63) is 23.8 Å². The minimum Gasteiger partial charge on any atom is -0.391 e. The van der Waals surface area contributed by atoms with E-state index in [0.717, 1.165) is 24.8 Å². The molecule has 7 atom stereocenters. The molecule has 2 aliphatic heterocycles. The van der Waals surface area contributed by atoms with Gasteiger partial charge in [-0.3, -0.25) is 14.9 Å². The first-order valence-electron chi connectivity index (χ1n) is 12.1. The fourth-order valence-corrected chi connectivity index (χ4v) is 5.11. The SMILES string of the molecule is CN[C@@H](C)C(=O)NC(C(=O)N1CCCCC1C(O)NC1SN=NC1/C1=C/C/C=C\C#CC1)C(C)O. The fourth-order valence-electron chi connectivity index (χ4n) is 4.31. The molecule has 0 aromatic heterocycles. The average molecular weight is 505 g/mol. The summed E-state index contributed by atoms with van der Waals surface area (Å²) in [5.74, 6) is 5.31. The number of amides is 2. The van der Waals surface area contributed by atoms with Gasteiger partial charge in [0, 0.05) is 24.9 Å². The summed E-state index contributed by atoms with van der Waals surface area (Å²) in [6.45, 7) is 3.59. The number of carbonyl (C=O) groups excluding carboxylic acids is 2. The highest BCUT2D eigenvalue weighted by atomic mass is 32.2. The zero-order valence-corrected chi connectivity index (χ0v) is 21.3. The topological polar surface area (TPSA) is 139 Å². The Morgan fingerprint density at radius 1 is 1.29 bits per heavy atom. The number of aliphatic hydroxyl groups is 2. The molecular formula is C24H36N6O4S.